The zero-order valence-corrected chi connectivity index (χ0v) is 10.7. The standard InChI is InChI=1S/C13H19NO2/c1-6-9-8(3)10-11(14(9)7-2)13(4,5)12(15)16-10/h6-7H2,1-5H3. The van der Waals surface area contributed by atoms with Crippen LogP contribution < -0.4 is 4.74 Å². The Labute approximate surface area is 96.4 Å². The lowest BCUT2D eigenvalue weighted by Crippen LogP contribution is -2.29. The monoisotopic (exact) mass is 221 g/mol. The lowest BCUT2D eigenvalue weighted by molar-refractivity contribution is -0.137. The van der Waals surface area contributed by atoms with Gasteiger partial charge in [-0.2, -0.15) is 0 Å². The molecule has 0 fully saturated rings. The molecule has 0 atom stereocenters. The molecular weight excluding hydrogens is 202 g/mol. The van der Waals surface area contributed by atoms with Crippen molar-refractivity contribution < 1.29 is 9.53 Å². The minimum Gasteiger partial charge on any atom is -0.424 e. The molecular formula is C13H19NO2. The molecule has 0 unspecified atom stereocenters. The van der Waals surface area contributed by atoms with Gasteiger partial charge in [-0.1, -0.05) is 6.92 Å². The van der Waals surface area contributed by atoms with Crippen molar-refractivity contribution in [1.82, 2.24) is 4.57 Å². The number of carbonyl (C=O) groups is 1. The molecule has 1 aromatic rings. The third-order valence-corrected chi connectivity index (χ3v) is 3.53. The Morgan fingerprint density at radius 1 is 1.31 bits per heavy atom. The molecule has 0 bridgehead atoms. The predicted octanol–water partition coefficient (Wildman–Crippen LogP) is 2.58. The number of ether oxygens (including phenoxy) is 1. The Kier molecular flexibility index (Phi) is 2.37. The Bertz CT molecular complexity index is 455. The highest BCUT2D eigenvalue weighted by atomic mass is 16.5. The quantitative estimate of drug-likeness (QED) is 0.719. The second-order valence-electron chi connectivity index (χ2n) is 4.86. The van der Waals surface area contributed by atoms with Crippen LogP contribution in [0, 0.1) is 6.92 Å². The summed E-state index contributed by atoms with van der Waals surface area (Å²) in [7, 11) is 0. The number of hydrogen-bond acceptors (Lipinski definition) is 2. The number of hydrogen-bond donors (Lipinski definition) is 0. The van der Waals surface area contributed by atoms with Crippen molar-refractivity contribution in [2.45, 2.75) is 53.0 Å². The molecule has 0 radical (unpaired) electrons. The summed E-state index contributed by atoms with van der Waals surface area (Å²) in [6.07, 6.45) is 0.973. The molecule has 0 saturated carbocycles. The molecule has 3 heteroatoms. The maximum Gasteiger partial charge on any atom is 0.323 e. The maximum absolute atomic E-state index is 11.8. The summed E-state index contributed by atoms with van der Waals surface area (Å²) in [4.78, 5) is 11.8. The zero-order chi connectivity index (χ0) is 12.1. The van der Waals surface area contributed by atoms with Gasteiger partial charge >= 0.3 is 5.97 Å². The van der Waals surface area contributed by atoms with Gasteiger partial charge in [0.15, 0.2) is 5.75 Å². The highest BCUT2D eigenvalue weighted by molar-refractivity contribution is 5.90. The van der Waals surface area contributed by atoms with Crippen LogP contribution in [0.1, 0.15) is 44.6 Å². The van der Waals surface area contributed by atoms with Crippen molar-refractivity contribution in [2.75, 3.05) is 0 Å². The Morgan fingerprint density at radius 3 is 2.44 bits per heavy atom. The van der Waals surface area contributed by atoms with E-state index in [4.69, 9.17) is 4.74 Å². The summed E-state index contributed by atoms with van der Waals surface area (Å²) in [5, 5.41) is 0. The van der Waals surface area contributed by atoms with Crippen LogP contribution in [-0.2, 0) is 23.2 Å². The zero-order valence-electron chi connectivity index (χ0n) is 10.7. The van der Waals surface area contributed by atoms with Crippen molar-refractivity contribution in [1.29, 1.82) is 0 Å². The summed E-state index contributed by atoms with van der Waals surface area (Å²) in [6, 6.07) is 0. The van der Waals surface area contributed by atoms with E-state index in [2.05, 4.69) is 18.4 Å². The van der Waals surface area contributed by atoms with Crippen LogP contribution in [0.2, 0.25) is 0 Å². The van der Waals surface area contributed by atoms with Crippen molar-refractivity contribution in [3.63, 3.8) is 0 Å². The summed E-state index contributed by atoms with van der Waals surface area (Å²) < 4.78 is 7.65. The summed E-state index contributed by atoms with van der Waals surface area (Å²) in [6.45, 7) is 11.0. The molecule has 0 amide bonds. The third-order valence-electron chi connectivity index (χ3n) is 3.53. The van der Waals surface area contributed by atoms with Crippen LogP contribution in [0.15, 0.2) is 0 Å². The van der Waals surface area contributed by atoms with E-state index in [-0.39, 0.29) is 5.97 Å². The Morgan fingerprint density at radius 2 is 1.94 bits per heavy atom. The van der Waals surface area contributed by atoms with Gasteiger partial charge < -0.3 is 9.30 Å². The first-order valence-corrected chi connectivity index (χ1v) is 5.89. The number of nitrogens with zero attached hydrogens (tertiary/aromatic N) is 1. The third kappa shape index (κ3) is 1.17. The molecule has 16 heavy (non-hydrogen) atoms. The molecule has 0 aromatic carbocycles. The number of esters is 1. The van der Waals surface area contributed by atoms with Crippen LogP contribution in [0.4, 0.5) is 0 Å². The summed E-state index contributed by atoms with van der Waals surface area (Å²) in [5.41, 5.74) is 2.95. The lowest BCUT2D eigenvalue weighted by atomic mass is 9.91. The first-order chi connectivity index (χ1) is 7.45. The van der Waals surface area contributed by atoms with E-state index in [1.807, 2.05) is 20.8 Å². The van der Waals surface area contributed by atoms with Gasteiger partial charge in [0.25, 0.3) is 0 Å². The maximum atomic E-state index is 11.8. The first-order valence-electron chi connectivity index (χ1n) is 5.89. The normalized spacial score (nSPS) is 17.4. The average Bonchev–Trinajstić information content (AvgIpc) is 2.63. The predicted molar refractivity (Wildman–Crippen MR) is 62.9 cm³/mol. The van der Waals surface area contributed by atoms with Crippen LogP contribution in [0.5, 0.6) is 5.75 Å². The summed E-state index contributed by atoms with van der Waals surface area (Å²) >= 11 is 0. The lowest BCUT2D eigenvalue weighted by Gasteiger charge is -2.18. The van der Waals surface area contributed by atoms with Crippen molar-refractivity contribution in [3.8, 4) is 5.75 Å². The highest BCUT2D eigenvalue weighted by Crippen LogP contribution is 2.44. The van der Waals surface area contributed by atoms with Gasteiger partial charge in [0.05, 0.1) is 5.69 Å². The van der Waals surface area contributed by atoms with Gasteiger partial charge in [-0.05, 0) is 34.1 Å². The molecule has 88 valence electrons. The Balaban J connectivity index is 2.73. The molecule has 0 spiro atoms. The van der Waals surface area contributed by atoms with Crippen LogP contribution in [0.3, 0.4) is 0 Å². The van der Waals surface area contributed by atoms with Gasteiger partial charge in [0.2, 0.25) is 0 Å². The molecule has 0 saturated heterocycles. The fourth-order valence-corrected chi connectivity index (χ4v) is 2.64. The fourth-order valence-electron chi connectivity index (χ4n) is 2.64. The van der Waals surface area contributed by atoms with Gasteiger partial charge in [-0.15, -0.1) is 0 Å². The number of aromatic nitrogens is 1. The second-order valence-corrected chi connectivity index (χ2v) is 4.86. The van der Waals surface area contributed by atoms with Gasteiger partial charge in [-0.25, -0.2) is 0 Å². The second kappa shape index (κ2) is 3.37. The minimum atomic E-state index is -0.510. The number of rotatable bonds is 2. The fraction of sp³-hybridized carbons (Fsp3) is 0.615. The smallest absolute Gasteiger partial charge is 0.323 e. The van der Waals surface area contributed by atoms with Gasteiger partial charge in [0.1, 0.15) is 5.41 Å². The van der Waals surface area contributed by atoms with E-state index in [0.29, 0.717) is 0 Å². The van der Waals surface area contributed by atoms with E-state index in [9.17, 15) is 4.79 Å². The Hall–Kier alpha value is -1.25. The number of carbonyl (C=O) groups excluding carboxylic acids is 1. The van der Waals surface area contributed by atoms with Crippen LogP contribution in [0.25, 0.3) is 0 Å². The van der Waals surface area contributed by atoms with Crippen molar-refractivity contribution in [2.24, 2.45) is 0 Å². The molecule has 0 N–H and O–H groups in total. The van der Waals surface area contributed by atoms with Crippen molar-refractivity contribution in [3.05, 3.63) is 17.0 Å². The van der Waals surface area contributed by atoms with Gasteiger partial charge in [-0.3, -0.25) is 4.79 Å². The van der Waals surface area contributed by atoms with Crippen LogP contribution in [-0.4, -0.2) is 10.5 Å². The van der Waals surface area contributed by atoms with E-state index < -0.39 is 5.41 Å². The van der Waals surface area contributed by atoms with Crippen molar-refractivity contribution >= 4 is 5.97 Å². The molecule has 1 aromatic heterocycles. The first kappa shape index (κ1) is 11.2. The highest BCUT2D eigenvalue weighted by Gasteiger charge is 2.45. The average molecular weight is 221 g/mol. The largest absolute Gasteiger partial charge is 0.424 e. The number of fused-ring (bicyclic) bond motifs is 1. The molecule has 1 aliphatic rings. The molecule has 2 rings (SSSR count). The SMILES string of the molecule is CCc1c(C)c2c(n1CC)C(C)(C)C(=O)O2. The van der Waals surface area contributed by atoms with E-state index in [1.54, 1.807) is 0 Å². The van der Waals surface area contributed by atoms with Gasteiger partial charge in [0, 0.05) is 17.8 Å². The van der Waals surface area contributed by atoms with E-state index in [1.165, 1.54) is 5.69 Å². The molecule has 0 aliphatic carbocycles. The topological polar surface area (TPSA) is 31.2 Å². The molecule has 1 aliphatic heterocycles. The van der Waals surface area contributed by atoms with E-state index in [0.717, 1.165) is 30.0 Å². The summed E-state index contributed by atoms with van der Waals surface area (Å²) in [5.74, 6) is 0.666. The molecule has 3 nitrogen and oxygen atoms in total. The van der Waals surface area contributed by atoms with E-state index >= 15 is 0 Å². The molecule has 2 heterocycles. The minimum absolute atomic E-state index is 0.134. The van der Waals surface area contributed by atoms with Crippen LogP contribution >= 0.6 is 0 Å².